The highest BCUT2D eigenvalue weighted by atomic mass is 35.5. The molecule has 2 amide bonds. The summed E-state index contributed by atoms with van der Waals surface area (Å²) in [6.45, 7) is 2.60. The Kier molecular flexibility index (Phi) is 6.92. The quantitative estimate of drug-likeness (QED) is 0.615. The first-order chi connectivity index (χ1) is 13.0. The van der Waals surface area contributed by atoms with Gasteiger partial charge in [-0.2, -0.15) is 0 Å². The zero-order valence-electron chi connectivity index (χ0n) is 14.8. The van der Waals surface area contributed by atoms with Crippen LogP contribution in [0.25, 0.3) is 0 Å². The van der Waals surface area contributed by atoms with Crippen LogP contribution in [0.5, 0.6) is 0 Å². The monoisotopic (exact) mass is 425 g/mol. The van der Waals surface area contributed by atoms with Crippen molar-refractivity contribution in [2.75, 3.05) is 17.6 Å². The largest absolute Gasteiger partial charge is 0.354 e. The van der Waals surface area contributed by atoms with Gasteiger partial charge in [-0.1, -0.05) is 40.8 Å². The number of nitrogens with one attached hydrogen (secondary N) is 3. The minimum absolute atomic E-state index is 0.106. The van der Waals surface area contributed by atoms with E-state index < -0.39 is 6.04 Å². The zero-order chi connectivity index (χ0) is 19.2. The molecule has 1 atom stereocenters. The Bertz CT molecular complexity index is 829. The van der Waals surface area contributed by atoms with E-state index in [1.165, 1.54) is 23.1 Å². The Labute approximate surface area is 170 Å². The van der Waals surface area contributed by atoms with Gasteiger partial charge in [0.2, 0.25) is 16.9 Å². The van der Waals surface area contributed by atoms with E-state index in [2.05, 4.69) is 26.1 Å². The highest BCUT2D eigenvalue weighted by Gasteiger charge is 2.22. The molecule has 2 heterocycles. The predicted molar refractivity (Wildman–Crippen MR) is 109 cm³/mol. The average Bonchev–Trinajstić information content (AvgIpc) is 3.00. The van der Waals surface area contributed by atoms with Crippen LogP contribution in [0, 0.1) is 6.92 Å². The maximum atomic E-state index is 12.1. The van der Waals surface area contributed by atoms with E-state index in [-0.39, 0.29) is 17.6 Å². The third-order valence-corrected chi connectivity index (χ3v) is 6.49. The minimum atomic E-state index is -0.446. The number of benzene rings is 1. The number of rotatable bonds is 6. The van der Waals surface area contributed by atoms with Crippen molar-refractivity contribution < 1.29 is 9.59 Å². The van der Waals surface area contributed by atoms with Crippen molar-refractivity contribution in [3.05, 3.63) is 28.8 Å². The lowest BCUT2D eigenvalue weighted by Crippen LogP contribution is -2.46. The molecule has 1 unspecified atom stereocenters. The maximum Gasteiger partial charge on any atom is 0.242 e. The molecule has 2 aromatic rings. The summed E-state index contributed by atoms with van der Waals surface area (Å²) in [6, 6.07) is 5.16. The molecule has 0 radical (unpaired) electrons. The van der Waals surface area contributed by atoms with Gasteiger partial charge in [0.1, 0.15) is 6.04 Å². The molecule has 0 bridgehead atoms. The standard InChI is InChI=1S/C17H20ClN5O2S2/c1-10-11(18)5-4-7-12(10)21-16-22-23-17(27-16)26-9-14(24)20-13-6-2-3-8-19-15(13)25/h4-5,7,13H,2-3,6,8-9H2,1H3,(H,19,25)(H,20,24)(H,21,22). The lowest BCUT2D eigenvalue weighted by atomic mass is 10.1. The fourth-order valence-electron chi connectivity index (χ4n) is 2.62. The van der Waals surface area contributed by atoms with Gasteiger partial charge in [0, 0.05) is 17.3 Å². The molecular weight excluding hydrogens is 406 g/mol. The summed E-state index contributed by atoms with van der Waals surface area (Å²) in [5.74, 6) is -0.100. The topological polar surface area (TPSA) is 96.0 Å². The van der Waals surface area contributed by atoms with E-state index >= 15 is 0 Å². The smallest absolute Gasteiger partial charge is 0.242 e. The number of hydrogen-bond donors (Lipinski definition) is 3. The number of halogens is 1. The molecule has 0 saturated carbocycles. The number of aromatic nitrogens is 2. The highest BCUT2D eigenvalue weighted by molar-refractivity contribution is 8.01. The summed E-state index contributed by atoms with van der Waals surface area (Å²) >= 11 is 8.78. The Morgan fingerprint density at radius 3 is 3.11 bits per heavy atom. The number of thioether (sulfide) groups is 1. The summed E-state index contributed by atoms with van der Waals surface area (Å²) in [5, 5.41) is 18.3. The summed E-state index contributed by atoms with van der Waals surface area (Å²) < 4.78 is 0.678. The number of hydrogen-bond acceptors (Lipinski definition) is 7. The van der Waals surface area contributed by atoms with Crippen LogP contribution in [-0.2, 0) is 9.59 Å². The van der Waals surface area contributed by atoms with Gasteiger partial charge in [0.05, 0.1) is 5.75 Å². The Morgan fingerprint density at radius 1 is 1.41 bits per heavy atom. The molecule has 144 valence electrons. The molecule has 3 N–H and O–H groups in total. The van der Waals surface area contributed by atoms with Gasteiger partial charge in [-0.3, -0.25) is 9.59 Å². The van der Waals surface area contributed by atoms with Gasteiger partial charge >= 0.3 is 0 Å². The van der Waals surface area contributed by atoms with Crippen LogP contribution in [0.4, 0.5) is 10.8 Å². The van der Waals surface area contributed by atoms with E-state index in [9.17, 15) is 9.59 Å². The SMILES string of the molecule is Cc1c(Cl)cccc1Nc1nnc(SCC(=O)NC2CCCCNC2=O)s1. The molecule has 1 fully saturated rings. The van der Waals surface area contributed by atoms with Gasteiger partial charge < -0.3 is 16.0 Å². The molecule has 0 aliphatic carbocycles. The van der Waals surface area contributed by atoms with Crippen molar-refractivity contribution in [1.29, 1.82) is 0 Å². The third kappa shape index (κ3) is 5.57. The van der Waals surface area contributed by atoms with Crippen LogP contribution in [0.15, 0.2) is 22.5 Å². The average molecular weight is 426 g/mol. The highest BCUT2D eigenvalue weighted by Crippen LogP contribution is 2.30. The van der Waals surface area contributed by atoms with Crippen molar-refractivity contribution in [3.63, 3.8) is 0 Å². The van der Waals surface area contributed by atoms with Crippen molar-refractivity contribution in [2.45, 2.75) is 36.6 Å². The van der Waals surface area contributed by atoms with Crippen LogP contribution in [0.2, 0.25) is 5.02 Å². The summed E-state index contributed by atoms with van der Waals surface area (Å²) in [4.78, 5) is 24.0. The lowest BCUT2D eigenvalue weighted by molar-refractivity contribution is -0.127. The second-order valence-corrected chi connectivity index (χ2v) is 8.71. The second kappa shape index (κ2) is 9.38. The number of amides is 2. The van der Waals surface area contributed by atoms with E-state index in [4.69, 9.17) is 11.6 Å². The Hall–Kier alpha value is -1.84. The normalized spacial score (nSPS) is 17.1. The van der Waals surface area contributed by atoms with Crippen molar-refractivity contribution in [3.8, 4) is 0 Å². The Balaban J connectivity index is 1.51. The number of carbonyl (C=O) groups is 2. The molecule has 3 rings (SSSR count). The number of carbonyl (C=O) groups excluding carboxylic acids is 2. The molecule has 7 nitrogen and oxygen atoms in total. The first-order valence-corrected chi connectivity index (χ1v) is 10.8. The minimum Gasteiger partial charge on any atom is -0.354 e. The molecule has 1 saturated heterocycles. The van der Waals surface area contributed by atoms with Crippen molar-refractivity contribution in [2.24, 2.45) is 0 Å². The van der Waals surface area contributed by atoms with E-state index in [0.717, 1.165) is 24.1 Å². The molecule has 1 aliphatic heterocycles. The molecule has 10 heteroatoms. The van der Waals surface area contributed by atoms with Crippen LogP contribution in [0.3, 0.4) is 0 Å². The predicted octanol–water partition coefficient (Wildman–Crippen LogP) is 3.12. The summed E-state index contributed by atoms with van der Waals surface area (Å²) in [7, 11) is 0. The van der Waals surface area contributed by atoms with Gasteiger partial charge in [0.15, 0.2) is 4.34 Å². The third-order valence-electron chi connectivity index (χ3n) is 4.11. The van der Waals surface area contributed by atoms with Crippen molar-refractivity contribution >= 4 is 57.3 Å². The molecule has 1 aromatic heterocycles. The maximum absolute atomic E-state index is 12.1. The molecular formula is C17H20ClN5O2S2. The lowest BCUT2D eigenvalue weighted by Gasteiger charge is -2.14. The van der Waals surface area contributed by atoms with E-state index in [0.29, 0.717) is 27.5 Å². The number of anilines is 2. The zero-order valence-corrected chi connectivity index (χ0v) is 17.1. The molecule has 27 heavy (non-hydrogen) atoms. The Morgan fingerprint density at radius 2 is 2.26 bits per heavy atom. The first kappa shape index (κ1) is 19.9. The van der Waals surface area contributed by atoms with Crippen molar-refractivity contribution in [1.82, 2.24) is 20.8 Å². The van der Waals surface area contributed by atoms with Crippen LogP contribution < -0.4 is 16.0 Å². The summed E-state index contributed by atoms with van der Waals surface area (Å²) in [5.41, 5.74) is 1.80. The number of nitrogens with zero attached hydrogens (tertiary/aromatic N) is 2. The van der Waals surface area contributed by atoms with Gasteiger partial charge in [-0.25, -0.2) is 0 Å². The van der Waals surface area contributed by atoms with E-state index in [1.807, 2.05) is 25.1 Å². The fourth-order valence-corrected chi connectivity index (χ4v) is 4.37. The molecule has 0 spiro atoms. The second-order valence-electron chi connectivity index (χ2n) is 6.11. The van der Waals surface area contributed by atoms with E-state index in [1.54, 1.807) is 0 Å². The molecule has 1 aliphatic rings. The van der Waals surface area contributed by atoms with Crippen LogP contribution in [-0.4, -0.2) is 40.4 Å². The first-order valence-electron chi connectivity index (χ1n) is 8.58. The molecule has 1 aromatic carbocycles. The van der Waals surface area contributed by atoms with Gasteiger partial charge in [-0.15, -0.1) is 10.2 Å². The van der Waals surface area contributed by atoms with Crippen LogP contribution >= 0.6 is 34.7 Å². The van der Waals surface area contributed by atoms with Gasteiger partial charge in [-0.05, 0) is 43.9 Å². The van der Waals surface area contributed by atoms with Crippen LogP contribution in [0.1, 0.15) is 24.8 Å². The fraction of sp³-hybridized carbons (Fsp3) is 0.412. The van der Waals surface area contributed by atoms with Gasteiger partial charge in [0.25, 0.3) is 0 Å². The summed E-state index contributed by atoms with van der Waals surface area (Å²) in [6.07, 6.45) is 2.54.